The van der Waals surface area contributed by atoms with Crippen LogP contribution in [0.3, 0.4) is 0 Å². The molecule has 0 saturated carbocycles. The molecule has 0 fully saturated rings. The Kier molecular flexibility index (Phi) is 6.03. The summed E-state index contributed by atoms with van der Waals surface area (Å²) in [5.74, 6) is -0.193. The quantitative estimate of drug-likeness (QED) is 0.394. The van der Waals surface area contributed by atoms with Gasteiger partial charge in [-0.2, -0.15) is 0 Å². The monoisotopic (exact) mass is 470 g/mol. The molecule has 0 radical (unpaired) electrons. The summed E-state index contributed by atoms with van der Waals surface area (Å²) < 4.78 is 37.3. The van der Waals surface area contributed by atoms with Crippen LogP contribution in [0.1, 0.15) is 16.9 Å². The standard InChI is InChI=1S/C23H22N2O5S2/c1-15-11-16(2)22-20(12-15)31-23(24-22)25(13-18-5-4-10-30-18)21(26)14-32(27,28)19-8-6-17(29-3)7-9-19/h4-12H,13-14H2,1-3H3. The van der Waals surface area contributed by atoms with Gasteiger partial charge in [-0.05, 0) is 67.4 Å². The lowest BCUT2D eigenvalue weighted by molar-refractivity contribution is -0.116. The van der Waals surface area contributed by atoms with Crippen molar-refractivity contribution in [3.63, 3.8) is 0 Å². The zero-order chi connectivity index (χ0) is 22.9. The Morgan fingerprint density at radius 3 is 2.56 bits per heavy atom. The van der Waals surface area contributed by atoms with Gasteiger partial charge in [0.15, 0.2) is 15.0 Å². The molecule has 32 heavy (non-hydrogen) atoms. The number of methoxy groups -OCH3 is 1. The zero-order valence-electron chi connectivity index (χ0n) is 17.9. The molecule has 0 spiro atoms. The number of furan rings is 1. The van der Waals surface area contributed by atoms with Gasteiger partial charge in [-0.15, -0.1) is 0 Å². The average Bonchev–Trinajstić information content (AvgIpc) is 3.41. The van der Waals surface area contributed by atoms with Crippen LogP contribution < -0.4 is 9.64 Å². The number of rotatable bonds is 7. The van der Waals surface area contributed by atoms with Crippen LogP contribution >= 0.6 is 11.3 Å². The lowest BCUT2D eigenvalue weighted by Crippen LogP contribution is -2.35. The third kappa shape index (κ3) is 4.53. The van der Waals surface area contributed by atoms with E-state index in [0.29, 0.717) is 16.6 Å². The Morgan fingerprint density at radius 2 is 1.91 bits per heavy atom. The fourth-order valence-electron chi connectivity index (χ4n) is 3.40. The molecule has 0 aliphatic carbocycles. The van der Waals surface area contributed by atoms with E-state index in [4.69, 9.17) is 9.15 Å². The maximum Gasteiger partial charge on any atom is 0.244 e. The summed E-state index contributed by atoms with van der Waals surface area (Å²) in [6.45, 7) is 4.05. The number of hydrogen-bond donors (Lipinski definition) is 0. The molecule has 0 unspecified atom stereocenters. The number of benzene rings is 2. The first kappa shape index (κ1) is 22.0. The van der Waals surface area contributed by atoms with Crippen molar-refractivity contribution in [1.29, 1.82) is 0 Å². The largest absolute Gasteiger partial charge is 0.497 e. The Labute approximate surface area is 190 Å². The van der Waals surface area contributed by atoms with Crippen molar-refractivity contribution in [2.45, 2.75) is 25.3 Å². The summed E-state index contributed by atoms with van der Waals surface area (Å²) in [5, 5.41) is 0.431. The maximum atomic E-state index is 13.3. The van der Waals surface area contributed by atoms with E-state index in [1.807, 2.05) is 26.0 Å². The number of anilines is 1. The molecule has 0 N–H and O–H groups in total. The first-order valence-electron chi connectivity index (χ1n) is 9.84. The molecule has 0 bridgehead atoms. The summed E-state index contributed by atoms with van der Waals surface area (Å²) in [6, 6.07) is 13.5. The molecular weight excluding hydrogens is 448 g/mol. The minimum Gasteiger partial charge on any atom is -0.497 e. The van der Waals surface area contributed by atoms with E-state index in [1.165, 1.54) is 41.7 Å². The molecular formula is C23H22N2O5S2. The number of ether oxygens (including phenoxy) is 1. The number of aryl methyl sites for hydroxylation is 2. The van der Waals surface area contributed by atoms with Crippen molar-refractivity contribution in [1.82, 2.24) is 4.98 Å². The van der Waals surface area contributed by atoms with E-state index in [0.717, 1.165) is 21.3 Å². The highest BCUT2D eigenvalue weighted by atomic mass is 32.2. The Bertz CT molecular complexity index is 1360. The predicted octanol–water partition coefficient (Wildman–Crippen LogP) is 4.52. The van der Waals surface area contributed by atoms with Crippen LogP contribution in [0.4, 0.5) is 5.13 Å². The lowest BCUT2D eigenvalue weighted by Gasteiger charge is -2.18. The summed E-state index contributed by atoms with van der Waals surface area (Å²) in [6.07, 6.45) is 1.51. The highest BCUT2D eigenvalue weighted by molar-refractivity contribution is 7.92. The second-order valence-corrected chi connectivity index (χ2v) is 10.4. The van der Waals surface area contributed by atoms with Crippen molar-refractivity contribution in [2.24, 2.45) is 0 Å². The third-order valence-electron chi connectivity index (χ3n) is 4.98. The number of nitrogens with zero attached hydrogens (tertiary/aromatic N) is 2. The number of carbonyl (C=O) groups excluding carboxylic acids is 1. The highest BCUT2D eigenvalue weighted by Crippen LogP contribution is 2.33. The molecule has 0 aliphatic rings. The van der Waals surface area contributed by atoms with Crippen LogP contribution in [-0.2, 0) is 21.2 Å². The maximum absolute atomic E-state index is 13.3. The summed E-state index contributed by atoms with van der Waals surface area (Å²) >= 11 is 1.35. The second kappa shape index (κ2) is 8.76. The molecule has 0 saturated heterocycles. The number of aromatic nitrogens is 1. The molecule has 9 heteroatoms. The average molecular weight is 471 g/mol. The minimum atomic E-state index is -3.86. The van der Waals surface area contributed by atoms with Gasteiger partial charge < -0.3 is 9.15 Å². The topological polar surface area (TPSA) is 89.7 Å². The fourth-order valence-corrected chi connectivity index (χ4v) is 5.76. The van der Waals surface area contributed by atoms with Crippen molar-refractivity contribution in [3.05, 3.63) is 71.7 Å². The second-order valence-electron chi connectivity index (χ2n) is 7.42. The van der Waals surface area contributed by atoms with Crippen molar-refractivity contribution in [3.8, 4) is 5.75 Å². The highest BCUT2D eigenvalue weighted by Gasteiger charge is 2.27. The molecule has 0 aliphatic heterocycles. The molecule has 166 valence electrons. The van der Waals surface area contributed by atoms with E-state index in [1.54, 1.807) is 24.3 Å². The summed E-state index contributed by atoms with van der Waals surface area (Å²) in [5.41, 5.74) is 2.89. The molecule has 0 atom stereocenters. The molecule has 1 amide bonds. The van der Waals surface area contributed by atoms with Crippen LogP contribution in [0.5, 0.6) is 5.75 Å². The zero-order valence-corrected chi connectivity index (χ0v) is 19.5. The molecule has 4 aromatic rings. The van der Waals surface area contributed by atoms with E-state index in [2.05, 4.69) is 4.98 Å². The van der Waals surface area contributed by atoms with Crippen LogP contribution in [0.2, 0.25) is 0 Å². The number of carbonyl (C=O) groups is 1. The van der Waals surface area contributed by atoms with Gasteiger partial charge in [0.05, 0.1) is 35.0 Å². The Balaban J connectivity index is 1.68. The van der Waals surface area contributed by atoms with Gasteiger partial charge in [0.25, 0.3) is 0 Å². The number of amides is 1. The number of fused-ring (bicyclic) bond motifs is 1. The van der Waals surface area contributed by atoms with Gasteiger partial charge in [-0.1, -0.05) is 17.4 Å². The van der Waals surface area contributed by atoms with E-state index in [9.17, 15) is 13.2 Å². The molecule has 2 heterocycles. The normalized spacial score (nSPS) is 11.6. The summed E-state index contributed by atoms with van der Waals surface area (Å²) in [4.78, 5) is 19.3. The molecule has 2 aromatic heterocycles. The number of hydrogen-bond acceptors (Lipinski definition) is 7. The summed E-state index contributed by atoms with van der Waals surface area (Å²) in [7, 11) is -2.36. The van der Waals surface area contributed by atoms with Crippen LogP contribution in [0, 0.1) is 13.8 Å². The van der Waals surface area contributed by atoms with E-state index >= 15 is 0 Å². The van der Waals surface area contributed by atoms with Crippen molar-refractivity contribution >= 4 is 42.4 Å². The number of thiazole rings is 1. The van der Waals surface area contributed by atoms with Crippen molar-refractivity contribution < 1.29 is 22.4 Å². The smallest absolute Gasteiger partial charge is 0.244 e. The fraction of sp³-hybridized carbons (Fsp3) is 0.217. The van der Waals surface area contributed by atoms with E-state index in [-0.39, 0.29) is 11.4 Å². The first-order valence-corrected chi connectivity index (χ1v) is 12.3. The van der Waals surface area contributed by atoms with Crippen LogP contribution in [0.25, 0.3) is 10.2 Å². The van der Waals surface area contributed by atoms with Gasteiger partial charge in [-0.3, -0.25) is 9.69 Å². The lowest BCUT2D eigenvalue weighted by atomic mass is 10.1. The SMILES string of the molecule is COc1ccc(S(=O)(=O)CC(=O)N(Cc2ccco2)c2nc3c(C)cc(C)cc3s2)cc1. The van der Waals surface area contributed by atoms with Gasteiger partial charge in [0.2, 0.25) is 5.91 Å². The first-order chi connectivity index (χ1) is 15.3. The molecule has 2 aromatic carbocycles. The van der Waals surface area contributed by atoms with Crippen molar-refractivity contribution in [2.75, 3.05) is 17.8 Å². The minimum absolute atomic E-state index is 0.0559. The van der Waals surface area contributed by atoms with Gasteiger partial charge in [-0.25, -0.2) is 13.4 Å². The van der Waals surface area contributed by atoms with Crippen LogP contribution in [-0.4, -0.2) is 32.2 Å². The molecule has 4 rings (SSSR count). The van der Waals surface area contributed by atoms with Crippen LogP contribution in [0.15, 0.2) is 64.1 Å². The third-order valence-corrected chi connectivity index (χ3v) is 7.62. The Morgan fingerprint density at radius 1 is 1.16 bits per heavy atom. The molecule has 7 nitrogen and oxygen atoms in total. The van der Waals surface area contributed by atoms with E-state index < -0.39 is 21.5 Å². The van der Waals surface area contributed by atoms with Gasteiger partial charge >= 0.3 is 0 Å². The van der Waals surface area contributed by atoms with Gasteiger partial charge in [0.1, 0.15) is 17.3 Å². The number of sulfone groups is 1. The predicted molar refractivity (Wildman–Crippen MR) is 124 cm³/mol. The Hall–Kier alpha value is -3.17. The van der Waals surface area contributed by atoms with Gasteiger partial charge in [0, 0.05) is 0 Å².